The zero-order valence-corrected chi connectivity index (χ0v) is 23.5. The number of anilines is 1. The lowest BCUT2D eigenvalue weighted by Crippen LogP contribution is -2.58. The topological polar surface area (TPSA) is 93.7 Å². The summed E-state index contributed by atoms with van der Waals surface area (Å²) in [4.78, 5) is 38.6. The van der Waals surface area contributed by atoms with Crippen molar-refractivity contribution in [2.75, 3.05) is 31.2 Å². The Morgan fingerprint density at radius 1 is 1.16 bits per heavy atom. The highest BCUT2D eigenvalue weighted by Gasteiger charge is 2.54. The fourth-order valence-corrected chi connectivity index (χ4v) is 7.54. The zero-order chi connectivity index (χ0) is 26.5. The Kier molecular flexibility index (Phi) is 6.68. The largest absolute Gasteiger partial charge is 0.342 e. The molecule has 2 aromatic rings. The van der Waals surface area contributed by atoms with Crippen LogP contribution in [-0.4, -0.2) is 68.9 Å². The van der Waals surface area contributed by atoms with E-state index in [1.807, 2.05) is 28.0 Å². The molecule has 204 valence electrons. The van der Waals surface area contributed by atoms with Gasteiger partial charge in [0.1, 0.15) is 16.4 Å². The molecule has 3 saturated heterocycles. The minimum atomic E-state index is -0.632. The monoisotopic (exact) mass is 537 g/mol. The van der Waals surface area contributed by atoms with E-state index in [0.29, 0.717) is 51.1 Å². The van der Waals surface area contributed by atoms with Crippen molar-refractivity contribution in [1.29, 1.82) is 0 Å². The molecule has 2 N–H and O–H groups in total. The number of nitrogens with zero attached hydrogens (tertiary/aromatic N) is 5. The molecule has 10 heteroatoms. The molecule has 4 aliphatic rings. The van der Waals surface area contributed by atoms with E-state index in [-0.39, 0.29) is 23.1 Å². The first-order valence-corrected chi connectivity index (χ1v) is 14.7. The van der Waals surface area contributed by atoms with Gasteiger partial charge in [0, 0.05) is 42.7 Å². The molecule has 1 spiro atoms. The van der Waals surface area contributed by atoms with Crippen molar-refractivity contribution in [2.45, 2.75) is 76.4 Å². The van der Waals surface area contributed by atoms with Crippen LogP contribution in [0.1, 0.15) is 63.7 Å². The summed E-state index contributed by atoms with van der Waals surface area (Å²) in [7, 11) is 0. The van der Waals surface area contributed by atoms with Crippen LogP contribution in [0.5, 0.6) is 0 Å². The Morgan fingerprint density at radius 3 is 2.63 bits per heavy atom. The number of rotatable bonds is 4. The van der Waals surface area contributed by atoms with Gasteiger partial charge < -0.3 is 14.7 Å². The van der Waals surface area contributed by atoms with E-state index in [0.717, 1.165) is 42.3 Å². The number of hydrazine groups is 1. The summed E-state index contributed by atoms with van der Waals surface area (Å²) in [5, 5.41) is 0.868. The van der Waals surface area contributed by atoms with Crippen LogP contribution in [-0.2, 0) is 21.5 Å². The Labute approximate surface area is 229 Å². The van der Waals surface area contributed by atoms with Gasteiger partial charge in [-0.25, -0.2) is 4.98 Å². The minimum Gasteiger partial charge on any atom is -0.342 e. The maximum Gasteiger partial charge on any atom is 0.250 e. The molecule has 3 unspecified atom stereocenters. The highest BCUT2D eigenvalue weighted by molar-refractivity contribution is 7.05. The standard InChI is InChI=1S/C28H39N7O2S/c1-27(2,3)25-30-23(38-32-25)17-34-18-35(21-7-5-4-6-8-21)28(26(34)37)11-13-33(14-12-28)24(36)19-9-10-22-20(15-19)16-29-31-22/h4-8,19-20,22,29,31H,9-18H2,1-3H3. The van der Waals surface area contributed by atoms with Crippen molar-refractivity contribution in [2.24, 2.45) is 11.8 Å². The summed E-state index contributed by atoms with van der Waals surface area (Å²) < 4.78 is 4.56. The molecule has 38 heavy (non-hydrogen) atoms. The van der Waals surface area contributed by atoms with Crippen molar-refractivity contribution in [1.82, 2.24) is 30.0 Å². The summed E-state index contributed by atoms with van der Waals surface area (Å²) in [6.07, 6.45) is 4.23. The highest BCUT2D eigenvalue weighted by atomic mass is 32.1. The Hall–Kier alpha value is -2.56. The Bertz CT molecular complexity index is 1170. The molecule has 1 aromatic carbocycles. The van der Waals surface area contributed by atoms with Gasteiger partial charge in [0.05, 0.1) is 13.2 Å². The van der Waals surface area contributed by atoms with Gasteiger partial charge in [0.25, 0.3) is 0 Å². The summed E-state index contributed by atoms with van der Waals surface area (Å²) in [5.41, 5.74) is 6.92. The predicted octanol–water partition coefficient (Wildman–Crippen LogP) is 2.90. The number of carbonyl (C=O) groups is 2. The summed E-state index contributed by atoms with van der Waals surface area (Å²) in [6.45, 7) is 9.49. The number of carbonyl (C=O) groups excluding carboxylic acids is 2. The molecule has 6 rings (SSSR count). The van der Waals surface area contributed by atoms with Gasteiger partial charge in [-0.2, -0.15) is 4.37 Å². The fourth-order valence-electron chi connectivity index (χ4n) is 6.69. The lowest BCUT2D eigenvalue weighted by molar-refractivity contribution is -0.142. The van der Waals surface area contributed by atoms with Crippen LogP contribution >= 0.6 is 11.5 Å². The number of fused-ring (bicyclic) bond motifs is 1. The van der Waals surface area contributed by atoms with Crippen molar-refractivity contribution >= 4 is 29.0 Å². The smallest absolute Gasteiger partial charge is 0.250 e. The molecule has 1 saturated carbocycles. The Balaban J connectivity index is 1.18. The molecule has 3 atom stereocenters. The molecule has 4 fully saturated rings. The molecule has 1 aromatic heterocycles. The third-order valence-corrected chi connectivity index (χ3v) is 9.63. The van der Waals surface area contributed by atoms with Crippen LogP contribution < -0.4 is 15.8 Å². The molecule has 2 amide bonds. The van der Waals surface area contributed by atoms with Crippen LogP contribution in [0.25, 0.3) is 0 Å². The van der Waals surface area contributed by atoms with Crippen molar-refractivity contribution < 1.29 is 9.59 Å². The lowest BCUT2D eigenvalue weighted by Gasteiger charge is -2.44. The van der Waals surface area contributed by atoms with E-state index in [1.165, 1.54) is 11.5 Å². The molecular weight excluding hydrogens is 498 g/mol. The van der Waals surface area contributed by atoms with Crippen molar-refractivity contribution in [3.8, 4) is 0 Å². The molecule has 9 nitrogen and oxygen atoms in total. The second kappa shape index (κ2) is 9.88. The number of aromatic nitrogens is 2. The van der Waals surface area contributed by atoms with E-state index >= 15 is 0 Å². The number of piperidine rings is 1. The van der Waals surface area contributed by atoms with E-state index in [2.05, 4.69) is 53.0 Å². The third kappa shape index (κ3) is 4.60. The number of hydrogen-bond donors (Lipinski definition) is 2. The average molecular weight is 538 g/mol. The van der Waals surface area contributed by atoms with Crippen LogP contribution in [0.15, 0.2) is 30.3 Å². The summed E-state index contributed by atoms with van der Waals surface area (Å²) in [5.74, 6) is 1.88. The fraction of sp³-hybridized carbons (Fsp3) is 0.643. The zero-order valence-electron chi connectivity index (χ0n) is 22.7. The van der Waals surface area contributed by atoms with Crippen molar-refractivity contribution in [3.63, 3.8) is 0 Å². The number of hydrogen-bond acceptors (Lipinski definition) is 8. The van der Waals surface area contributed by atoms with Gasteiger partial charge in [-0.3, -0.25) is 20.4 Å². The van der Waals surface area contributed by atoms with Crippen LogP contribution in [0.2, 0.25) is 0 Å². The van der Waals surface area contributed by atoms with Gasteiger partial charge in [-0.15, -0.1) is 0 Å². The quantitative estimate of drug-likeness (QED) is 0.620. The number of para-hydroxylation sites is 1. The maximum absolute atomic E-state index is 14.1. The lowest BCUT2D eigenvalue weighted by atomic mass is 9.77. The molecular formula is C28H39N7O2S. The van der Waals surface area contributed by atoms with Gasteiger partial charge in [-0.1, -0.05) is 39.0 Å². The Morgan fingerprint density at radius 2 is 1.92 bits per heavy atom. The predicted molar refractivity (Wildman–Crippen MR) is 147 cm³/mol. The molecule has 3 aliphatic heterocycles. The van der Waals surface area contributed by atoms with Gasteiger partial charge in [0.15, 0.2) is 0 Å². The number of likely N-dealkylation sites (tertiary alicyclic amines) is 1. The van der Waals surface area contributed by atoms with Crippen LogP contribution in [0.4, 0.5) is 5.69 Å². The SMILES string of the molecule is CC(C)(C)c1nsc(CN2CN(c3ccccc3)C3(CCN(C(=O)C4CCC5NNCC5C4)CC3)C2=O)n1. The first-order chi connectivity index (χ1) is 18.2. The molecule has 4 heterocycles. The molecule has 0 bridgehead atoms. The van der Waals surface area contributed by atoms with Crippen LogP contribution in [0, 0.1) is 11.8 Å². The van der Waals surface area contributed by atoms with E-state index in [4.69, 9.17) is 4.98 Å². The number of benzene rings is 1. The number of nitrogens with one attached hydrogen (secondary N) is 2. The summed E-state index contributed by atoms with van der Waals surface area (Å²) in [6, 6.07) is 10.7. The number of amides is 2. The summed E-state index contributed by atoms with van der Waals surface area (Å²) >= 11 is 1.39. The van der Waals surface area contributed by atoms with Gasteiger partial charge in [-0.05, 0) is 61.7 Å². The normalized spacial score (nSPS) is 27.3. The second-order valence-electron chi connectivity index (χ2n) is 12.4. The molecule has 0 radical (unpaired) electrons. The highest BCUT2D eigenvalue weighted by Crippen LogP contribution is 2.41. The first-order valence-electron chi connectivity index (χ1n) is 14.0. The maximum atomic E-state index is 14.1. The average Bonchev–Trinajstić information content (AvgIpc) is 3.65. The third-order valence-electron chi connectivity index (χ3n) is 8.93. The van der Waals surface area contributed by atoms with E-state index in [1.54, 1.807) is 0 Å². The van der Waals surface area contributed by atoms with Crippen molar-refractivity contribution in [3.05, 3.63) is 41.2 Å². The first kappa shape index (κ1) is 25.7. The van der Waals surface area contributed by atoms with E-state index in [9.17, 15) is 9.59 Å². The van der Waals surface area contributed by atoms with E-state index < -0.39 is 5.54 Å². The van der Waals surface area contributed by atoms with Gasteiger partial charge >= 0.3 is 0 Å². The molecule has 1 aliphatic carbocycles. The minimum absolute atomic E-state index is 0.0995. The van der Waals surface area contributed by atoms with Gasteiger partial charge in [0.2, 0.25) is 11.8 Å². The second-order valence-corrected chi connectivity index (χ2v) is 13.3. The van der Waals surface area contributed by atoms with Crippen LogP contribution in [0.3, 0.4) is 0 Å².